The van der Waals surface area contributed by atoms with Crippen molar-refractivity contribution in [1.29, 1.82) is 0 Å². The van der Waals surface area contributed by atoms with Crippen LogP contribution >= 0.6 is 11.6 Å². The predicted molar refractivity (Wildman–Crippen MR) is 87.5 cm³/mol. The molecule has 0 heterocycles. The van der Waals surface area contributed by atoms with Crippen molar-refractivity contribution < 1.29 is 0 Å². The molecular weight excluding hydrogens is 266 g/mol. The van der Waals surface area contributed by atoms with Crippen LogP contribution in [0.2, 0.25) is 5.02 Å². The normalized spacial score (nSPS) is 12.4. The average Bonchev–Trinajstić information content (AvgIpc) is 2.42. The molecule has 1 unspecified atom stereocenters. The van der Waals surface area contributed by atoms with E-state index in [0.29, 0.717) is 6.04 Å². The van der Waals surface area contributed by atoms with Gasteiger partial charge in [0.15, 0.2) is 0 Å². The zero-order chi connectivity index (χ0) is 14.5. The fraction of sp³-hybridized carbons (Fsp3) is 0.333. The van der Waals surface area contributed by atoms with Crippen LogP contribution in [-0.2, 0) is 6.42 Å². The number of benzene rings is 2. The molecule has 1 nitrogen and oxygen atoms in total. The summed E-state index contributed by atoms with van der Waals surface area (Å²) < 4.78 is 0. The van der Waals surface area contributed by atoms with Crippen LogP contribution in [0, 0.1) is 13.8 Å². The third-order valence-corrected chi connectivity index (χ3v) is 3.87. The second kappa shape index (κ2) is 6.92. The van der Waals surface area contributed by atoms with Gasteiger partial charge >= 0.3 is 0 Å². The number of nitrogens with one attached hydrogen (secondary N) is 1. The summed E-state index contributed by atoms with van der Waals surface area (Å²) >= 11 is 6.12. The van der Waals surface area contributed by atoms with E-state index in [2.05, 4.69) is 56.4 Å². The molecule has 1 atom stereocenters. The minimum atomic E-state index is 0.305. The third-order valence-electron chi connectivity index (χ3n) is 3.63. The van der Waals surface area contributed by atoms with Crippen molar-refractivity contribution in [3.05, 3.63) is 69.7 Å². The first-order valence-corrected chi connectivity index (χ1v) is 7.53. The molecule has 0 aliphatic heterocycles. The van der Waals surface area contributed by atoms with E-state index in [1.165, 1.54) is 22.3 Å². The molecule has 0 saturated carbocycles. The van der Waals surface area contributed by atoms with Crippen LogP contribution < -0.4 is 5.32 Å². The number of halogens is 1. The lowest BCUT2D eigenvalue weighted by Gasteiger charge is -2.20. The lowest BCUT2D eigenvalue weighted by Crippen LogP contribution is -2.23. The van der Waals surface area contributed by atoms with Gasteiger partial charge in [0.05, 0.1) is 0 Å². The summed E-state index contributed by atoms with van der Waals surface area (Å²) in [5, 5.41) is 4.36. The minimum Gasteiger partial charge on any atom is -0.310 e. The summed E-state index contributed by atoms with van der Waals surface area (Å²) in [5.41, 5.74) is 5.31. The number of hydrogen-bond acceptors (Lipinski definition) is 1. The smallest absolute Gasteiger partial charge is 0.0409 e. The van der Waals surface area contributed by atoms with Crippen LogP contribution in [-0.4, -0.2) is 6.54 Å². The Kier molecular flexibility index (Phi) is 5.22. The third kappa shape index (κ3) is 3.84. The van der Waals surface area contributed by atoms with Crippen LogP contribution in [0.3, 0.4) is 0 Å². The maximum absolute atomic E-state index is 6.12. The van der Waals surface area contributed by atoms with E-state index < -0.39 is 0 Å². The second-order valence-electron chi connectivity index (χ2n) is 5.30. The number of aryl methyl sites for hydroxylation is 2. The highest BCUT2D eigenvalue weighted by molar-refractivity contribution is 6.30. The van der Waals surface area contributed by atoms with Gasteiger partial charge in [-0.2, -0.15) is 0 Å². The van der Waals surface area contributed by atoms with Crippen molar-refractivity contribution in [2.75, 3.05) is 6.54 Å². The standard InChI is InChI=1S/C18H22ClN/c1-4-20-18(15-6-5-7-17(19)11-15)12-16-10-13(2)8-9-14(16)3/h5-11,18,20H,4,12H2,1-3H3. The topological polar surface area (TPSA) is 12.0 Å². The Balaban J connectivity index is 2.27. The molecule has 0 saturated heterocycles. The molecule has 20 heavy (non-hydrogen) atoms. The molecule has 0 aliphatic carbocycles. The Hall–Kier alpha value is -1.31. The summed E-state index contributed by atoms with van der Waals surface area (Å²) in [5.74, 6) is 0. The van der Waals surface area contributed by atoms with Gasteiger partial charge in [0.25, 0.3) is 0 Å². The van der Waals surface area contributed by atoms with Crippen molar-refractivity contribution in [3.8, 4) is 0 Å². The summed E-state index contributed by atoms with van der Waals surface area (Å²) in [6.07, 6.45) is 0.988. The van der Waals surface area contributed by atoms with Gasteiger partial charge in [-0.15, -0.1) is 0 Å². The lowest BCUT2D eigenvalue weighted by molar-refractivity contribution is 0.548. The van der Waals surface area contributed by atoms with Gasteiger partial charge in [-0.05, 0) is 55.6 Å². The zero-order valence-electron chi connectivity index (χ0n) is 12.4. The van der Waals surface area contributed by atoms with Crippen molar-refractivity contribution >= 4 is 11.6 Å². The van der Waals surface area contributed by atoms with Gasteiger partial charge in [0.1, 0.15) is 0 Å². The highest BCUT2D eigenvalue weighted by Crippen LogP contribution is 2.23. The molecule has 0 aromatic heterocycles. The SMILES string of the molecule is CCNC(Cc1cc(C)ccc1C)c1cccc(Cl)c1. The summed E-state index contributed by atoms with van der Waals surface area (Å²) in [4.78, 5) is 0. The molecule has 2 rings (SSSR count). The van der Waals surface area contributed by atoms with Crippen LogP contribution in [0.1, 0.15) is 35.2 Å². The first kappa shape index (κ1) is 15.1. The first-order chi connectivity index (χ1) is 9.60. The monoisotopic (exact) mass is 287 g/mol. The first-order valence-electron chi connectivity index (χ1n) is 7.15. The van der Waals surface area contributed by atoms with Crippen molar-refractivity contribution in [3.63, 3.8) is 0 Å². The maximum Gasteiger partial charge on any atom is 0.0409 e. The molecule has 0 radical (unpaired) electrons. The Morgan fingerprint density at radius 1 is 1.10 bits per heavy atom. The maximum atomic E-state index is 6.12. The molecule has 0 spiro atoms. The zero-order valence-corrected chi connectivity index (χ0v) is 13.2. The minimum absolute atomic E-state index is 0.305. The van der Waals surface area contributed by atoms with Gasteiger partial charge in [-0.1, -0.05) is 54.4 Å². The molecule has 1 N–H and O–H groups in total. The Morgan fingerprint density at radius 2 is 1.90 bits per heavy atom. The van der Waals surface area contributed by atoms with Crippen LogP contribution in [0.15, 0.2) is 42.5 Å². The Morgan fingerprint density at radius 3 is 2.60 bits per heavy atom. The molecule has 0 bridgehead atoms. The van der Waals surface area contributed by atoms with Crippen LogP contribution in [0.4, 0.5) is 0 Å². The second-order valence-corrected chi connectivity index (χ2v) is 5.74. The van der Waals surface area contributed by atoms with E-state index in [-0.39, 0.29) is 0 Å². The quantitative estimate of drug-likeness (QED) is 0.829. The molecule has 2 aromatic rings. The molecule has 2 aromatic carbocycles. The van der Waals surface area contributed by atoms with E-state index in [1.54, 1.807) is 0 Å². The van der Waals surface area contributed by atoms with Gasteiger partial charge in [-0.25, -0.2) is 0 Å². The van der Waals surface area contributed by atoms with Crippen molar-refractivity contribution in [2.45, 2.75) is 33.2 Å². The fourth-order valence-electron chi connectivity index (χ4n) is 2.52. The molecule has 0 amide bonds. The molecular formula is C18H22ClN. The van der Waals surface area contributed by atoms with E-state index in [9.17, 15) is 0 Å². The van der Waals surface area contributed by atoms with Crippen LogP contribution in [0.25, 0.3) is 0 Å². The highest BCUT2D eigenvalue weighted by Gasteiger charge is 2.13. The fourth-order valence-corrected chi connectivity index (χ4v) is 2.72. The predicted octanol–water partition coefficient (Wildman–Crippen LogP) is 4.85. The van der Waals surface area contributed by atoms with E-state index in [4.69, 9.17) is 11.6 Å². The number of rotatable bonds is 5. The van der Waals surface area contributed by atoms with Gasteiger partial charge in [0.2, 0.25) is 0 Å². The molecule has 106 valence electrons. The van der Waals surface area contributed by atoms with Gasteiger partial charge < -0.3 is 5.32 Å². The van der Waals surface area contributed by atoms with Crippen molar-refractivity contribution in [2.24, 2.45) is 0 Å². The molecule has 2 heteroatoms. The average molecular weight is 288 g/mol. The largest absolute Gasteiger partial charge is 0.310 e. The summed E-state index contributed by atoms with van der Waals surface area (Å²) in [6.45, 7) is 7.41. The summed E-state index contributed by atoms with van der Waals surface area (Å²) in [6, 6.07) is 15.1. The van der Waals surface area contributed by atoms with E-state index in [1.807, 2.05) is 12.1 Å². The summed E-state index contributed by atoms with van der Waals surface area (Å²) in [7, 11) is 0. The highest BCUT2D eigenvalue weighted by atomic mass is 35.5. The Labute approximate surface area is 127 Å². The van der Waals surface area contributed by atoms with Crippen molar-refractivity contribution in [1.82, 2.24) is 5.32 Å². The lowest BCUT2D eigenvalue weighted by atomic mass is 9.95. The molecule has 0 aliphatic rings. The van der Waals surface area contributed by atoms with Crippen LogP contribution in [0.5, 0.6) is 0 Å². The molecule has 0 fully saturated rings. The van der Waals surface area contributed by atoms with Gasteiger partial charge in [-0.3, -0.25) is 0 Å². The van der Waals surface area contributed by atoms with Gasteiger partial charge in [0, 0.05) is 11.1 Å². The van der Waals surface area contributed by atoms with E-state index >= 15 is 0 Å². The number of hydrogen-bond donors (Lipinski definition) is 1. The Bertz CT molecular complexity index is 577. The number of likely N-dealkylation sites (N-methyl/N-ethyl adjacent to an activating group) is 1. The van der Waals surface area contributed by atoms with E-state index in [0.717, 1.165) is 18.0 Å².